The van der Waals surface area contributed by atoms with Crippen LogP contribution in [0, 0.1) is 15.9 Å². The lowest BCUT2D eigenvalue weighted by atomic mass is 10.2. The number of halogens is 1. The van der Waals surface area contributed by atoms with Crippen LogP contribution in [0.3, 0.4) is 0 Å². The number of aromatic nitrogens is 4. The molecule has 1 aliphatic carbocycles. The van der Waals surface area contributed by atoms with Gasteiger partial charge in [-0.15, -0.1) is 0 Å². The highest BCUT2D eigenvalue weighted by atomic mass is 19.1. The van der Waals surface area contributed by atoms with Gasteiger partial charge in [0.15, 0.2) is 5.82 Å². The van der Waals surface area contributed by atoms with E-state index in [4.69, 9.17) is 0 Å². The third kappa shape index (κ3) is 3.90. The second kappa shape index (κ2) is 7.22. The maximum absolute atomic E-state index is 13.0. The Kier molecular flexibility index (Phi) is 4.60. The maximum atomic E-state index is 13.0. The number of hydrogen-bond acceptors (Lipinski definition) is 7. The van der Waals surface area contributed by atoms with Crippen molar-refractivity contribution in [2.24, 2.45) is 0 Å². The average molecular weight is 383 g/mol. The van der Waals surface area contributed by atoms with Crippen molar-refractivity contribution in [1.29, 1.82) is 0 Å². The molecule has 0 unspecified atom stereocenters. The summed E-state index contributed by atoms with van der Waals surface area (Å²) >= 11 is 0. The number of H-pyrrole nitrogens is 1. The van der Waals surface area contributed by atoms with E-state index in [0.29, 0.717) is 23.2 Å². The molecule has 3 heterocycles. The molecule has 3 aromatic heterocycles. The highest BCUT2D eigenvalue weighted by Gasteiger charge is 2.26. The van der Waals surface area contributed by atoms with Gasteiger partial charge in [0.25, 0.3) is 0 Å². The summed E-state index contributed by atoms with van der Waals surface area (Å²) in [7, 11) is 0. The number of anilines is 3. The molecule has 1 fully saturated rings. The number of nitrogens with zero attached hydrogens (tertiary/aromatic N) is 4. The van der Waals surface area contributed by atoms with Crippen LogP contribution < -0.4 is 10.6 Å². The van der Waals surface area contributed by atoms with Crippen LogP contribution in [0.1, 0.15) is 43.1 Å². The molecule has 0 aromatic carbocycles. The van der Waals surface area contributed by atoms with Gasteiger partial charge in [0, 0.05) is 23.7 Å². The molecule has 0 aliphatic heterocycles. The summed E-state index contributed by atoms with van der Waals surface area (Å²) in [4.78, 5) is 19.2. The fraction of sp³-hybridized carbons (Fsp3) is 0.278. The minimum Gasteiger partial charge on any atom is -0.362 e. The van der Waals surface area contributed by atoms with Gasteiger partial charge in [-0.1, -0.05) is 0 Å². The van der Waals surface area contributed by atoms with Crippen molar-refractivity contribution < 1.29 is 9.31 Å². The van der Waals surface area contributed by atoms with Gasteiger partial charge in [-0.2, -0.15) is 5.10 Å². The van der Waals surface area contributed by atoms with Gasteiger partial charge in [-0.25, -0.2) is 9.37 Å². The van der Waals surface area contributed by atoms with E-state index in [1.165, 1.54) is 18.2 Å². The second-order valence-electron chi connectivity index (χ2n) is 6.70. The Labute approximate surface area is 159 Å². The molecule has 0 saturated heterocycles. The molecule has 3 aromatic rings. The molecule has 1 atom stereocenters. The number of nitrogens with one attached hydrogen (secondary N) is 3. The largest absolute Gasteiger partial charge is 0.362 e. The summed E-state index contributed by atoms with van der Waals surface area (Å²) in [5.74, 6) is 1.05. The fourth-order valence-corrected chi connectivity index (χ4v) is 2.84. The van der Waals surface area contributed by atoms with Crippen molar-refractivity contribution >= 4 is 23.1 Å². The number of hydrogen-bond donors (Lipinski definition) is 3. The minimum absolute atomic E-state index is 0.0862. The Morgan fingerprint density at radius 2 is 2.11 bits per heavy atom. The Morgan fingerprint density at radius 3 is 2.79 bits per heavy atom. The summed E-state index contributed by atoms with van der Waals surface area (Å²) in [5.41, 5.74) is 1.47. The van der Waals surface area contributed by atoms with Crippen LogP contribution in [0.2, 0.25) is 0 Å². The van der Waals surface area contributed by atoms with E-state index in [-0.39, 0.29) is 17.5 Å². The molecule has 1 saturated carbocycles. The quantitative estimate of drug-likeness (QED) is 0.416. The van der Waals surface area contributed by atoms with Gasteiger partial charge in [-0.3, -0.25) is 20.2 Å². The molecule has 0 amide bonds. The highest BCUT2D eigenvalue weighted by molar-refractivity contribution is 5.66. The summed E-state index contributed by atoms with van der Waals surface area (Å²) in [6.45, 7) is 1.84. The zero-order valence-electron chi connectivity index (χ0n) is 15.0. The zero-order chi connectivity index (χ0) is 19.7. The van der Waals surface area contributed by atoms with Gasteiger partial charge >= 0.3 is 5.69 Å². The van der Waals surface area contributed by atoms with E-state index in [1.54, 1.807) is 6.07 Å². The van der Waals surface area contributed by atoms with E-state index in [9.17, 15) is 14.5 Å². The minimum atomic E-state index is -0.501. The van der Waals surface area contributed by atoms with Gasteiger partial charge in [0.2, 0.25) is 5.82 Å². The average Bonchev–Trinajstić information content (AvgIpc) is 3.42. The predicted octanol–water partition coefficient (Wildman–Crippen LogP) is 4.04. The SMILES string of the molecule is C[C@H](Nc1ccc([N+](=O)[O-])c(Nc2cc(C3CC3)[nH]n2)n1)c1ccc(F)cn1. The zero-order valence-corrected chi connectivity index (χ0v) is 15.0. The van der Waals surface area contributed by atoms with Crippen molar-refractivity contribution in [3.63, 3.8) is 0 Å². The topological polar surface area (TPSA) is 122 Å². The standard InChI is InChI=1S/C18H18FN7O2/c1-10(13-5-4-12(19)9-20-13)21-16-7-6-15(26(27)28)18(22-16)23-17-8-14(24-25-17)11-2-3-11/h4-11H,2-3H2,1H3,(H3,21,22,23,24,25)/t10-/m0/s1. The molecule has 144 valence electrons. The fourth-order valence-electron chi connectivity index (χ4n) is 2.84. The molecule has 1 aliphatic rings. The van der Waals surface area contributed by atoms with Crippen LogP contribution in [0.5, 0.6) is 0 Å². The van der Waals surface area contributed by atoms with Crippen molar-refractivity contribution in [2.75, 3.05) is 10.6 Å². The summed E-state index contributed by atoms with van der Waals surface area (Å²) in [6, 6.07) is 7.36. The lowest BCUT2D eigenvalue weighted by Crippen LogP contribution is -2.11. The van der Waals surface area contributed by atoms with Crippen LogP contribution in [0.4, 0.5) is 27.5 Å². The van der Waals surface area contributed by atoms with Crippen LogP contribution in [0.15, 0.2) is 36.5 Å². The van der Waals surface area contributed by atoms with Crippen molar-refractivity contribution in [3.05, 3.63) is 63.8 Å². The normalized spacial score (nSPS) is 14.5. The number of nitro groups is 1. The molecule has 0 bridgehead atoms. The summed E-state index contributed by atoms with van der Waals surface area (Å²) in [5, 5.41) is 24.5. The van der Waals surface area contributed by atoms with Crippen LogP contribution in [0.25, 0.3) is 0 Å². The first-order valence-electron chi connectivity index (χ1n) is 8.85. The van der Waals surface area contributed by atoms with Crippen molar-refractivity contribution in [3.8, 4) is 0 Å². The first-order chi connectivity index (χ1) is 13.5. The molecule has 0 spiro atoms. The number of rotatable bonds is 7. The lowest BCUT2D eigenvalue weighted by molar-refractivity contribution is -0.384. The third-order valence-corrected chi connectivity index (χ3v) is 4.49. The summed E-state index contributed by atoms with van der Waals surface area (Å²) in [6.07, 6.45) is 3.38. The third-order valence-electron chi connectivity index (χ3n) is 4.49. The first kappa shape index (κ1) is 17.8. The predicted molar refractivity (Wildman–Crippen MR) is 101 cm³/mol. The Hall–Kier alpha value is -3.56. The molecule has 9 nitrogen and oxygen atoms in total. The molecule has 10 heteroatoms. The Morgan fingerprint density at radius 1 is 1.29 bits per heavy atom. The smallest absolute Gasteiger partial charge is 0.311 e. The second-order valence-corrected chi connectivity index (χ2v) is 6.70. The molecule has 3 N–H and O–H groups in total. The van der Waals surface area contributed by atoms with E-state index in [2.05, 4.69) is 30.8 Å². The van der Waals surface area contributed by atoms with Crippen LogP contribution in [-0.2, 0) is 0 Å². The molecular formula is C18H18FN7O2. The van der Waals surface area contributed by atoms with Crippen molar-refractivity contribution in [1.82, 2.24) is 20.2 Å². The van der Waals surface area contributed by atoms with Crippen LogP contribution >= 0.6 is 0 Å². The molecular weight excluding hydrogens is 365 g/mol. The Balaban J connectivity index is 1.55. The van der Waals surface area contributed by atoms with E-state index >= 15 is 0 Å². The molecule has 0 radical (unpaired) electrons. The molecule has 28 heavy (non-hydrogen) atoms. The van der Waals surface area contributed by atoms with Crippen molar-refractivity contribution in [2.45, 2.75) is 31.7 Å². The number of aromatic amines is 1. The van der Waals surface area contributed by atoms with Gasteiger partial charge < -0.3 is 10.6 Å². The van der Waals surface area contributed by atoms with E-state index in [1.807, 2.05) is 13.0 Å². The van der Waals surface area contributed by atoms with E-state index < -0.39 is 10.7 Å². The lowest BCUT2D eigenvalue weighted by Gasteiger charge is -2.14. The Bertz CT molecular complexity index is 1000. The van der Waals surface area contributed by atoms with E-state index in [0.717, 1.165) is 24.7 Å². The summed E-state index contributed by atoms with van der Waals surface area (Å²) < 4.78 is 13.0. The highest BCUT2D eigenvalue weighted by Crippen LogP contribution is 2.40. The van der Waals surface area contributed by atoms with Gasteiger partial charge in [0.1, 0.15) is 11.6 Å². The number of pyridine rings is 2. The molecule has 4 rings (SSSR count). The van der Waals surface area contributed by atoms with Gasteiger partial charge in [-0.05, 0) is 38.0 Å². The monoisotopic (exact) mass is 383 g/mol. The first-order valence-corrected chi connectivity index (χ1v) is 8.85. The maximum Gasteiger partial charge on any atom is 0.311 e. The van der Waals surface area contributed by atoms with Gasteiger partial charge in [0.05, 0.1) is 22.9 Å². The van der Waals surface area contributed by atoms with Crippen LogP contribution in [-0.4, -0.2) is 25.1 Å².